The Labute approximate surface area is 39.2 Å². The van der Waals surface area contributed by atoms with Crippen molar-refractivity contribution in [3.8, 4) is 0 Å². The van der Waals surface area contributed by atoms with Gasteiger partial charge in [0.1, 0.15) is 0 Å². The summed E-state index contributed by atoms with van der Waals surface area (Å²) < 4.78 is 1.92. The van der Waals surface area contributed by atoms with Crippen molar-refractivity contribution < 1.29 is 0 Å². The molecule has 0 aromatic rings. The van der Waals surface area contributed by atoms with Gasteiger partial charge in [-0.05, 0) is 24.4 Å². The molecule has 0 heterocycles. The molecule has 0 saturated carbocycles. The van der Waals surface area contributed by atoms with Gasteiger partial charge in [0.2, 0.25) is 0 Å². The Bertz CT molecular complexity index is 27.0. The van der Waals surface area contributed by atoms with Gasteiger partial charge in [0, 0.05) is 4.31 Å². The summed E-state index contributed by atoms with van der Waals surface area (Å²) in [6.07, 6.45) is 0. The van der Waals surface area contributed by atoms with Crippen LogP contribution in [0.2, 0.25) is 0 Å². The molecule has 0 fully saturated rings. The molecule has 0 amide bonds. The molecule has 0 aromatic heterocycles. The second-order valence-electron chi connectivity index (χ2n) is 0.0833. The van der Waals surface area contributed by atoms with Gasteiger partial charge in [-0.15, -0.1) is 0 Å². The molecule has 0 aliphatic rings. The molecule has 0 N–H and O–H groups in total. The van der Waals surface area contributed by atoms with E-state index in [-0.39, 0.29) is 9.90 Å². The van der Waals surface area contributed by atoms with E-state index in [2.05, 4.69) is 24.4 Å². The summed E-state index contributed by atoms with van der Waals surface area (Å²) in [6, 6.07) is 0. The average molecular weight is 110 g/mol. The Hall–Kier alpha value is 0.650. The maximum Gasteiger partial charge on any atom is 0.0297 e. The Balaban J connectivity index is 0. The number of hydrogen-bond donors (Lipinski definition) is 0. The SMILES string of the molecule is P.S=C=S. The van der Waals surface area contributed by atoms with Gasteiger partial charge in [-0.2, -0.15) is 9.90 Å². The van der Waals surface area contributed by atoms with E-state index in [0.717, 1.165) is 0 Å². The zero-order valence-corrected chi connectivity index (χ0v) is 5.07. The molecule has 0 nitrogen and oxygen atoms in total. The lowest BCUT2D eigenvalue weighted by Gasteiger charge is -0.992. The average Bonchev–Trinajstić information content (AvgIpc) is 0.918. The zero-order chi connectivity index (χ0) is 2.71. The normalized spacial score (nSPS) is 2.00. The second kappa shape index (κ2) is 9.41. The number of thiocarbonyl (C=S) groups is 2. The van der Waals surface area contributed by atoms with Crippen LogP contribution in [0.4, 0.5) is 0 Å². The van der Waals surface area contributed by atoms with Crippen molar-refractivity contribution in [3.05, 3.63) is 0 Å². The van der Waals surface area contributed by atoms with Crippen LogP contribution in [0.3, 0.4) is 0 Å². The van der Waals surface area contributed by atoms with Crippen LogP contribution in [0.15, 0.2) is 0 Å². The van der Waals surface area contributed by atoms with E-state index in [9.17, 15) is 0 Å². The summed E-state index contributed by atoms with van der Waals surface area (Å²) in [4.78, 5) is 0. The first-order valence-electron chi connectivity index (χ1n) is 0.408. The fourth-order valence-corrected chi connectivity index (χ4v) is 0. The van der Waals surface area contributed by atoms with Gasteiger partial charge in [0.25, 0.3) is 0 Å². The Morgan fingerprint density at radius 1 is 1.25 bits per heavy atom. The van der Waals surface area contributed by atoms with Crippen LogP contribution in [0.25, 0.3) is 0 Å². The quantitative estimate of drug-likeness (QED) is 0.338. The highest BCUT2D eigenvalue weighted by Crippen LogP contribution is 1.29. The molecule has 0 aromatic carbocycles. The third-order valence-corrected chi connectivity index (χ3v) is 0. The largest absolute Gasteiger partial charge is 0.153 e. The van der Waals surface area contributed by atoms with Crippen LogP contribution in [0.5, 0.6) is 0 Å². The maximum atomic E-state index is 3.96. The molecule has 24 valence electrons. The summed E-state index contributed by atoms with van der Waals surface area (Å²) in [5.41, 5.74) is 0. The van der Waals surface area contributed by atoms with Crippen molar-refractivity contribution in [1.82, 2.24) is 0 Å². The summed E-state index contributed by atoms with van der Waals surface area (Å²) in [7, 11) is 0. The van der Waals surface area contributed by atoms with Gasteiger partial charge in [0.05, 0.1) is 0 Å². The second-order valence-corrected chi connectivity index (χ2v) is 0.750. The molecule has 3 heteroatoms. The van der Waals surface area contributed by atoms with Crippen molar-refractivity contribution in [2.45, 2.75) is 0 Å². The molecule has 0 radical (unpaired) electrons. The van der Waals surface area contributed by atoms with Gasteiger partial charge in [0.15, 0.2) is 0 Å². The smallest absolute Gasteiger partial charge is 0.0297 e. The van der Waals surface area contributed by atoms with Gasteiger partial charge < -0.3 is 0 Å². The molecule has 0 bridgehead atoms. The maximum absolute atomic E-state index is 3.96. The monoisotopic (exact) mass is 110 g/mol. The predicted molar refractivity (Wildman–Crippen MR) is 31.3 cm³/mol. The first kappa shape index (κ1) is 8.82. The fraction of sp³-hybridized carbons (Fsp3) is 0. The van der Waals surface area contributed by atoms with Crippen LogP contribution in [-0.2, 0) is 0 Å². The summed E-state index contributed by atoms with van der Waals surface area (Å²) >= 11 is 7.92. The molecular weight excluding hydrogens is 107 g/mol. The highest BCUT2D eigenvalue weighted by Gasteiger charge is 1.01. The van der Waals surface area contributed by atoms with Crippen LogP contribution in [0.1, 0.15) is 0 Å². The third-order valence-electron chi connectivity index (χ3n) is 0. The molecule has 4 heavy (non-hydrogen) atoms. The summed E-state index contributed by atoms with van der Waals surface area (Å²) in [6.45, 7) is 0. The minimum Gasteiger partial charge on any atom is -0.153 e. The first-order valence-corrected chi connectivity index (χ1v) is 1.22. The fourth-order valence-electron chi connectivity index (χ4n) is 0. The lowest BCUT2D eigenvalue weighted by molar-refractivity contribution is 4.67. The van der Waals surface area contributed by atoms with Gasteiger partial charge in [-0.3, -0.25) is 0 Å². The lowest BCUT2D eigenvalue weighted by Crippen LogP contribution is -0.917. The molecule has 0 spiro atoms. The Kier molecular flexibility index (Phi) is 20.8. The Morgan fingerprint density at radius 2 is 1.25 bits per heavy atom. The molecule has 0 aliphatic heterocycles. The standard InChI is InChI=1S/CS2.H3P/c2-1-3;/h;1H3. The number of rotatable bonds is 0. The molecule has 1 atom stereocenters. The molecule has 0 aliphatic carbocycles. The van der Waals surface area contributed by atoms with E-state index in [1.807, 2.05) is 4.31 Å². The van der Waals surface area contributed by atoms with Crippen molar-refractivity contribution in [3.63, 3.8) is 0 Å². The van der Waals surface area contributed by atoms with Crippen LogP contribution >= 0.6 is 34.3 Å². The zero-order valence-electron chi connectivity index (χ0n) is 2.02. The van der Waals surface area contributed by atoms with E-state index in [4.69, 9.17) is 0 Å². The minimum atomic E-state index is 0. The third kappa shape index (κ3) is 17.1. The lowest BCUT2D eigenvalue weighted by atomic mass is 12.0. The highest BCUT2D eigenvalue weighted by atomic mass is 32.1. The molecule has 0 saturated heterocycles. The van der Waals surface area contributed by atoms with E-state index < -0.39 is 0 Å². The van der Waals surface area contributed by atoms with Crippen LogP contribution in [0, 0.1) is 0 Å². The first-order chi connectivity index (χ1) is 1.41. The van der Waals surface area contributed by atoms with Gasteiger partial charge in [-0.1, -0.05) is 0 Å². The summed E-state index contributed by atoms with van der Waals surface area (Å²) in [5, 5.41) is 0. The molecule has 0 rings (SSSR count). The van der Waals surface area contributed by atoms with Crippen molar-refractivity contribution in [1.29, 1.82) is 0 Å². The van der Waals surface area contributed by atoms with Gasteiger partial charge in [-0.25, -0.2) is 0 Å². The van der Waals surface area contributed by atoms with E-state index in [1.54, 1.807) is 0 Å². The predicted octanol–water partition coefficient (Wildman–Crippen LogP) is 1.08. The van der Waals surface area contributed by atoms with E-state index >= 15 is 0 Å². The topological polar surface area (TPSA) is 0 Å². The van der Waals surface area contributed by atoms with Crippen molar-refractivity contribution in [2.24, 2.45) is 0 Å². The highest BCUT2D eigenvalue weighted by molar-refractivity contribution is 7.93. The molecule has 1 unspecified atom stereocenters. The summed E-state index contributed by atoms with van der Waals surface area (Å²) in [5.74, 6) is 0. The van der Waals surface area contributed by atoms with Crippen LogP contribution < -0.4 is 0 Å². The minimum absolute atomic E-state index is 0. The van der Waals surface area contributed by atoms with Crippen molar-refractivity contribution in [2.75, 3.05) is 0 Å². The van der Waals surface area contributed by atoms with Crippen molar-refractivity contribution >= 4 is 38.6 Å². The van der Waals surface area contributed by atoms with Gasteiger partial charge >= 0.3 is 0 Å². The van der Waals surface area contributed by atoms with E-state index in [0.29, 0.717) is 0 Å². The number of hydrogen-bond acceptors (Lipinski definition) is 2. The Morgan fingerprint density at radius 3 is 1.25 bits per heavy atom. The molecular formula is CH3PS2. The van der Waals surface area contributed by atoms with Crippen LogP contribution in [-0.4, -0.2) is 4.31 Å². The van der Waals surface area contributed by atoms with E-state index in [1.165, 1.54) is 0 Å².